The Balaban J connectivity index is 1.20. The van der Waals surface area contributed by atoms with E-state index in [1.54, 1.807) is 25.5 Å². The van der Waals surface area contributed by atoms with Gasteiger partial charge in [-0.05, 0) is 46.8 Å². The first kappa shape index (κ1) is 48.7. The van der Waals surface area contributed by atoms with Gasteiger partial charge in [0.2, 0.25) is 16.4 Å². The summed E-state index contributed by atoms with van der Waals surface area (Å²) in [6, 6.07) is -1.83. The molecule has 1 aromatic carbocycles. The van der Waals surface area contributed by atoms with Gasteiger partial charge in [-0.15, -0.1) is 11.3 Å². The van der Waals surface area contributed by atoms with Gasteiger partial charge in [-0.3, -0.25) is 24.6 Å². The summed E-state index contributed by atoms with van der Waals surface area (Å²) in [4.78, 5) is 111. The fourth-order valence-corrected chi connectivity index (χ4v) is 9.01. The maximum Gasteiger partial charge on any atom is 0.413 e. The Labute approximate surface area is 375 Å². The molecule has 31 heteroatoms. The highest BCUT2D eigenvalue weighted by molar-refractivity contribution is 8.02. The number of thioether (sulfide) groups is 1. The number of amides is 8. The van der Waals surface area contributed by atoms with Crippen molar-refractivity contribution in [3.05, 3.63) is 33.8 Å². The molecule has 3 aliphatic rings. The molecule has 2 aromatic rings. The van der Waals surface area contributed by atoms with Crippen molar-refractivity contribution >= 4 is 104 Å². The van der Waals surface area contributed by atoms with E-state index in [2.05, 4.69) is 26.1 Å². The lowest BCUT2D eigenvalue weighted by molar-refractivity contribution is -0.161. The average molecular weight is 978 g/mol. The molecular formula is C33H40ClN11O16S3. The van der Waals surface area contributed by atoms with E-state index >= 15 is 0 Å². The Morgan fingerprint density at radius 2 is 1.73 bits per heavy atom. The monoisotopic (exact) mass is 977 g/mol. The molecule has 348 valence electrons. The van der Waals surface area contributed by atoms with Gasteiger partial charge in [0.25, 0.3) is 11.8 Å². The van der Waals surface area contributed by atoms with E-state index < -0.39 is 121 Å². The second-order valence-corrected chi connectivity index (χ2v) is 19.2. The Hall–Kier alpha value is -6.37. The smallest absolute Gasteiger partial charge is 0.413 e. The zero-order valence-electron chi connectivity index (χ0n) is 33.9. The average Bonchev–Trinajstić information content (AvgIpc) is 3.90. The molecule has 3 saturated heterocycles. The molecule has 0 spiro atoms. The molecule has 0 saturated carbocycles. The van der Waals surface area contributed by atoms with E-state index in [9.17, 15) is 67.2 Å². The fraction of sp³-hybridized carbons (Fsp3) is 0.455. The predicted molar refractivity (Wildman–Crippen MR) is 221 cm³/mol. The van der Waals surface area contributed by atoms with Crippen LogP contribution in [0.15, 0.2) is 22.7 Å². The number of halogens is 1. The number of nitrogens with zero attached hydrogens (tertiary/aromatic N) is 5. The number of phenolic OH excluding ortho intramolecular Hbond substituents is 2. The minimum absolute atomic E-state index is 0.0547. The van der Waals surface area contributed by atoms with Crippen LogP contribution in [0.1, 0.15) is 50.7 Å². The van der Waals surface area contributed by atoms with Crippen LogP contribution in [0, 0.1) is 0 Å². The lowest BCUT2D eigenvalue weighted by atomic mass is 10.1. The van der Waals surface area contributed by atoms with E-state index in [1.807, 2.05) is 10.1 Å². The van der Waals surface area contributed by atoms with Crippen LogP contribution >= 0.6 is 34.7 Å². The number of benzene rings is 1. The highest BCUT2D eigenvalue weighted by Gasteiger charge is 2.66. The summed E-state index contributed by atoms with van der Waals surface area (Å²) in [5.41, 5.74) is -1.88. The van der Waals surface area contributed by atoms with Crippen LogP contribution in [-0.4, -0.2) is 162 Å². The number of nitrogens with one attached hydrogen (secondary N) is 6. The minimum atomic E-state index is -4.61. The maximum absolute atomic E-state index is 13.7. The third-order valence-corrected chi connectivity index (χ3v) is 12.7. The number of hydrazine groups is 1. The topological polar surface area (TPSA) is 377 Å². The molecule has 0 aliphatic carbocycles. The molecule has 0 radical (unpaired) electrons. The number of anilines is 1. The second-order valence-electron chi connectivity index (χ2n) is 15.1. The number of hydrogen-bond donors (Lipinski definition) is 10. The van der Waals surface area contributed by atoms with Crippen molar-refractivity contribution in [3.63, 3.8) is 0 Å². The SMILES string of the molecule is CC(C)(C)OC(=O)Nc1nc(/C(=N/OC(C)(C)C(=O)O)C(=O)N[C@@H]2C(=O)N3C[C@@](C(=O)O)(N4CCN(NC(=O)NS(=O)(=O)NCCNC(=O)c5ccc(O)c(O)c5Cl)C4=O)S[C@H]23)cs1. The Morgan fingerprint density at radius 3 is 2.38 bits per heavy atom. The number of oxime groups is 1. The van der Waals surface area contributed by atoms with Crippen molar-refractivity contribution in [2.45, 2.75) is 62.1 Å². The number of aliphatic carboxylic acids is 2. The Kier molecular flexibility index (Phi) is 14.0. The van der Waals surface area contributed by atoms with Gasteiger partial charge in [0, 0.05) is 25.0 Å². The minimum Gasteiger partial charge on any atom is -0.504 e. The number of hydrogen-bond acceptors (Lipinski definition) is 18. The number of carbonyl (C=O) groups excluding carboxylic acids is 6. The maximum atomic E-state index is 13.7. The molecule has 1 aromatic heterocycles. The molecule has 10 N–H and O–H groups in total. The molecular weight excluding hydrogens is 938 g/mol. The van der Waals surface area contributed by atoms with Gasteiger partial charge in [-0.25, -0.2) is 44.1 Å². The molecule has 3 fully saturated rings. The van der Waals surface area contributed by atoms with Crippen LogP contribution in [0.2, 0.25) is 5.02 Å². The van der Waals surface area contributed by atoms with Gasteiger partial charge in [0.05, 0.1) is 23.7 Å². The molecule has 8 amide bonds. The zero-order valence-corrected chi connectivity index (χ0v) is 37.2. The van der Waals surface area contributed by atoms with Gasteiger partial charge in [0.1, 0.15) is 22.7 Å². The number of phenols is 2. The van der Waals surface area contributed by atoms with Crippen LogP contribution in [-0.2, 0) is 39.0 Å². The fourth-order valence-electron chi connectivity index (χ4n) is 5.72. The molecule has 0 unspecified atom stereocenters. The van der Waals surface area contributed by atoms with Gasteiger partial charge >= 0.3 is 40.3 Å². The normalized spacial score (nSPS) is 19.9. The zero-order chi connectivity index (χ0) is 47.7. The van der Waals surface area contributed by atoms with Crippen LogP contribution < -0.4 is 30.8 Å². The van der Waals surface area contributed by atoms with Gasteiger partial charge in [-0.2, -0.15) is 13.1 Å². The first-order valence-electron chi connectivity index (χ1n) is 18.3. The third-order valence-electron chi connectivity index (χ3n) is 8.86. The highest BCUT2D eigenvalue weighted by atomic mass is 35.5. The van der Waals surface area contributed by atoms with Gasteiger partial charge in [0.15, 0.2) is 22.3 Å². The number of urea groups is 2. The van der Waals surface area contributed by atoms with Crippen molar-refractivity contribution in [1.29, 1.82) is 0 Å². The van der Waals surface area contributed by atoms with Crippen LogP contribution in [0.5, 0.6) is 11.5 Å². The number of aromatic nitrogens is 1. The molecule has 27 nitrogen and oxygen atoms in total. The number of β-lactam (4-membered cyclic amide) rings is 1. The number of carboxylic acid groups (broad SMARTS) is 2. The summed E-state index contributed by atoms with van der Waals surface area (Å²) in [6.07, 6.45) is -0.875. The number of fused-ring (bicyclic) bond motifs is 1. The molecule has 0 bridgehead atoms. The molecule has 5 rings (SSSR count). The number of ether oxygens (including phenoxy) is 1. The molecule has 4 heterocycles. The quantitative estimate of drug-likeness (QED) is 0.0334. The van der Waals surface area contributed by atoms with E-state index in [4.69, 9.17) is 21.2 Å². The summed E-state index contributed by atoms with van der Waals surface area (Å²) in [5, 5.41) is 50.3. The van der Waals surface area contributed by atoms with Crippen molar-refractivity contribution in [1.82, 2.24) is 45.3 Å². The van der Waals surface area contributed by atoms with Crippen LogP contribution in [0.4, 0.5) is 19.5 Å². The van der Waals surface area contributed by atoms with E-state index in [0.29, 0.717) is 16.8 Å². The number of thiazole rings is 1. The van der Waals surface area contributed by atoms with Crippen molar-refractivity contribution < 1.29 is 76.8 Å². The summed E-state index contributed by atoms with van der Waals surface area (Å²) in [6.45, 7) is 5.09. The van der Waals surface area contributed by atoms with Crippen LogP contribution in [0.25, 0.3) is 0 Å². The summed E-state index contributed by atoms with van der Waals surface area (Å²) in [7, 11) is -4.61. The van der Waals surface area contributed by atoms with Crippen molar-refractivity contribution in [2.24, 2.45) is 5.16 Å². The molecule has 3 aliphatic heterocycles. The van der Waals surface area contributed by atoms with Crippen molar-refractivity contribution in [2.75, 3.05) is 38.0 Å². The first-order valence-corrected chi connectivity index (χ1v) is 21.9. The van der Waals surface area contributed by atoms with Gasteiger partial charge < -0.3 is 45.5 Å². The van der Waals surface area contributed by atoms with Gasteiger partial charge in [-0.1, -0.05) is 28.5 Å². The summed E-state index contributed by atoms with van der Waals surface area (Å²) < 4.78 is 33.7. The lowest BCUT2D eigenvalue weighted by Crippen LogP contribution is -2.68. The largest absolute Gasteiger partial charge is 0.504 e. The first-order chi connectivity index (χ1) is 29.7. The lowest BCUT2D eigenvalue weighted by Gasteiger charge is -2.41. The molecule has 3 atom stereocenters. The number of carboxylic acids is 2. The number of carbonyl (C=O) groups is 8. The second kappa shape index (κ2) is 18.4. The van der Waals surface area contributed by atoms with E-state index in [0.717, 1.165) is 47.1 Å². The standard InChI is InChI=1S/C33H40ClN11O16S3/c1-31(2,3)60-29(56)39-28-37-15(12-62-28)18(41-61-32(4,5)25(51)52)22(49)38-19-23(50)43-13-33(26(53)54,63-24(19)43)44-10-11-45(30(44)57)40-27(55)42-64(58,59)36-9-8-35-21(48)14-6-7-16(46)20(47)17(14)34/h6-7,12,19,24,36,46-47H,8-11,13H2,1-5H3,(H,35,48)(H,38,49)(H,51,52)(H,53,54)(H,37,39,56)(H2,40,42,55)/b41-18-/t19-,24-,33-/m1/s1. The van der Waals surface area contributed by atoms with E-state index in [1.165, 1.54) is 5.38 Å². The summed E-state index contributed by atoms with van der Waals surface area (Å²) >= 11 is 7.29. The predicted octanol–water partition coefficient (Wildman–Crippen LogP) is -0.464. The number of rotatable bonds is 16. The summed E-state index contributed by atoms with van der Waals surface area (Å²) in [5.74, 6) is -7.06. The Bertz CT molecular complexity index is 2430. The Morgan fingerprint density at radius 1 is 1.05 bits per heavy atom. The third kappa shape index (κ3) is 10.7. The van der Waals surface area contributed by atoms with E-state index in [-0.39, 0.29) is 36.0 Å². The number of aromatic hydroxyl groups is 2. The molecule has 64 heavy (non-hydrogen) atoms. The van der Waals surface area contributed by atoms with Crippen LogP contribution in [0.3, 0.4) is 0 Å². The highest BCUT2D eigenvalue weighted by Crippen LogP contribution is 2.49. The van der Waals surface area contributed by atoms with Crippen molar-refractivity contribution in [3.8, 4) is 11.5 Å².